The second-order valence-electron chi connectivity index (χ2n) is 7.76. The molecule has 0 radical (unpaired) electrons. The fraction of sp³-hybridized carbons (Fsp3) is 0.360. The summed E-state index contributed by atoms with van der Waals surface area (Å²) in [5.74, 6) is -0.914. The van der Waals surface area contributed by atoms with Gasteiger partial charge in [0, 0.05) is 19.2 Å². The number of hydrogen-bond donors (Lipinski definition) is 2. The van der Waals surface area contributed by atoms with Crippen molar-refractivity contribution in [3.8, 4) is 11.5 Å². The summed E-state index contributed by atoms with van der Waals surface area (Å²) in [5, 5.41) is 20.8. The van der Waals surface area contributed by atoms with E-state index in [0.717, 1.165) is 18.4 Å². The quantitative estimate of drug-likeness (QED) is 0.266. The Morgan fingerprint density at radius 3 is 2.44 bits per heavy atom. The van der Waals surface area contributed by atoms with Crippen molar-refractivity contribution in [2.24, 2.45) is 0 Å². The number of phenolic OH excluding ortho intramolecular Hbond substituents is 1. The van der Waals surface area contributed by atoms with Gasteiger partial charge in [-0.2, -0.15) is 0 Å². The molecular weight excluding hydrogens is 410 g/mol. The highest BCUT2D eigenvalue weighted by molar-refractivity contribution is 6.46. The molecule has 1 atom stereocenters. The van der Waals surface area contributed by atoms with E-state index in [2.05, 4.69) is 6.92 Å². The van der Waals surface area contributed by atoms with Gasteiger partial charge in [0.15, 0.2) is 0 Å². The lowest BCUT2D eigenvalue weighted by Gasteiger charge is -2.25. The number of methoxy groups -OCH3 is 1. The number of ketones is 1. The van der Waals surface area contributed by atoms with Crippen molar-refractivity contribution >= 4 is 17.4 Å². The highest BCUT2D eigenvalue weighted by Gasteiger charge is 2.45. The molecule has 7 nitrogen and oxygen atoms in total. The monoisotopic (exact) mass is 439 g/mol. The molecule has 0 bridgehead atoms. The van der Waals surface area contributed by atoms with Crippen molar-refractivity contribution in [1.82, 2.24) is 4.90 Å². The largest absolute Gasteiger partial charge is 0.508 e. The van der Waals surface area contributed by atoms with Gasteiger partial charge in [-0.1, -0.05) is 25.5 Å². The van der Waals surface area contributed by atoms with Gasteiger partial charge in [0.2, 0.25) is 0 Å². The van der Waals surface area contributed by atoms with Crippen LogP contribution in [0.5, 0.6) is 11.5 Å². The Morgan fingerprint density at radius 1 is 1.09 bits per heavy atom. The van der Waals surface area contributed by atoms with E-state index in [1.165, 1.54) is 24.1 Å². The number of ether oxygens (including phenoxy) is 2. The van der Waals surface area contributed by atoms with Crippen LogP contribution in [0.15, 0.2) is 48.0 Å². The minimum absolute atomic E-state index is 0.0100. The molecule has 3 rings (SSSR count). The van der Waals surface area contributed by atoms with Gasteiger partial charge in [0.1, 0.15) is 17.3 Å². The van der Waals surface area contributed by atoms with E-state index < -0.39 is 17.7 Å². The fourth-order valence-corrected chi connectivity index (χ4v) is 3.74. The topological polar surface area (TPSA) is 96.3 Å². The average molecular weight is 440 g/mol. The van der Waals surface area contributed by atoms with E-state index in [1.807, 2.05) is 6.92 Å². The second kappa shape index (κ2) is 10.3. The summed E-state index contributed by atoms with van der Waals surface area (Å²) < 4.78 is 10.9. The molecule has 0 aromatic heterocycles. The smallest absolute Gasteiger partial charge is 0.295 e. The summed E-state index contributed by atoms with van der Waals surface area (Å²) in [5.41, 5.74) is 1.87. The van der Waals surface area contributed by atoms with Crippen molar-refractivity contribution in [3.63, 3.8) is 0 Å². The van der Waals surface area contributed by atoms with Crippen molar-refractivity contribution in [2.45, 2.75) is 32.7 Å². The van der Waals surface area contributed by atoms with E-state index in [9.17, 15) is 19.8 Å². The van der Waals surface area contributed by atoms with E-state index >= 15 is 0 Å². The molecule has 0 spiro atoms. The SMILES string of the molecule is CCCCOc1ccc(C(O)=C2C(=O)C(=O)N(CCOC)[C@@H]2c2ccc(O)cc2)cc1C. The lowest BCUT2D eigenvalue weighted by molar-refractivity contribution is -0.140. The molecule has 2 aromatic carbocycles. The number of aliphatic hydroxyl groups is 1. The van der Waals surface area contributed by atoms with Gasteiger partial charge in [-0.15, -0.1) is 0 Å². The molecule has 1 aliphatic heterocycles. The van der Waals surface area contributed by atoms with Gasteiger partial charge >= 0.3 is 0 Å². The van der Waals surface area contributed by atoms with Crippen LogP contribution in [0.25, 0.3) is 5.76 Å². The number of aromatic hydroxyl groups is 1. The molecule has 7 heteroatoms. The summed E-state index contributed by atoms with van der Waals surface area (Å²) in [6.07, 6.45) is 1.97. The number of unbranched alkanes of at least 4 members (excludes halogenated alkanes) is 1. The van der Waals surface area contributed by atoms with Gasteiger partial charge in [0.25, 0.3) is 11.7 Å². The van der Waals surface area contributed by atoms with Crippen LogP contribution in [0.2, 0.25) is 0 Å². The summed E-state index contributed by atoms with van der Waals surface area (Å²) in [6.45, 7) is 4.99. The number of carbonyl (C=O) groups is 2. The number of phenols is 1. The number of nitrogens with zero attached hydrogens (tertiary/aromatic N) is 1. The number of aliphatic hydroxyl groups excluding tert-OH is 1. The number of benzene rings is 2. The third-order valence-electron chi connectivity index (χ3n) is 5.49. The Balaban J connectivity index is 2.04. The number of hydrogen-bond acceptors (Lipinski definition) is 6. The van der Waals surface area contributed by atoms with Crippen molar-refractivity contribution in [3.05, 3.63) is 64.7 Å². The summed E-state index contributed by atoms with van der Waals surface area (Å²) in [7, 11) is 1.51. The molecule has 1 saturated heterocycles. The fourth-order valence-electron chi connectivity index (χ4n) is 3.74. The normalized spacial score (nSPS) is 17.7. The highest BCUT2D eigenvalue weighted by Crippen LogP contribution is 2.40. The third-order valence-corrected chi connectivity index (χ3v) is 5.49. The summed E-state index contributed by atoms with van der Waals surface area (Å²) >= 11 is 0. The first-order chi connectivity index (χ1) is 15.4. The maximum absolute atomic E-state index is 12.9. The Labute approximate surface area is 187 Å². The van der Waals surface area contributed by atoms with Crippen molar-refractivity contribution in [1.29, 1.82) is 0 Å². The minimum atomic E-state index is -0.786. The number of carbonyl (C=O) groups excluding carboxylic acids is 2. The van der Waals surface area contributed by atoms with Crippen LogP contribution in [0.4, 0.5) is 0 Å². The minimum Gasteiger partial charge on any atom is -0.508 e. The predicted molar refractivity (Wildman–Crippen MR) is 121 cm³/mol. The molecule has 0 aliphatic carbocycles. The molecule has 170 valence electrons. The number of aryl methyl sites for hydroxylation is 1. The van der Waals surface area contributed by atoms with Gasteiger partial charge in [-0.25, -0.2) is 0 Å². The zero-order valence-corrected chi connectivity index (χ0v) is 18.6. The van der Waals surface area contributed by atoms with Crippen molar-refractivity contribution < 1.29 is 29.3 Å². The molecule has 2 N–H and O–H groups in total. The second-order valence-corrected chi connectivity index (χ2v) is 7.76. The van der Waals surface area contributed by atoms with Crippen LogP contribution >= 0.6 is 0 Å². The van der Waals surface area contributed by atoms with E-state index in [1.54, 1.807) is 30.3 Å². The lowest BCUT2D eigenvalue weighted by atomic mass is 9.94. The molecule has 2 aromatic rings. The molecule has 1 aliphatic rings. The summed E-state index contributed by atoms with van der Waals surface area (Å²) in [6, 6.07) is 10.6. The summed E-state index contributed by atoms with van der Waals surface area (Å²) in [4.78, 5) is 27.1. The first kappa shape index (κ1) is 23.3. The van der Waals surface area contributed by atoms with Crippen LogP contribution < -0.4 is 4.74 Å². The van der Waals surface area contributed by atoms with Gasteiger partial charge in [-0.3, -0.25) is 9.59 Å². The van der Waals surface area contributed by atoms with Gasteiger partial charge in [0.05, 0.1) is 24.8 Å². The van der Waals surface area contributed by atoms with E-state index in [4.69, 9.17) is 9.47 Å². The van der Waals surface area contributed by atoms with Crippen LogP contribution in [-0.2, 0) is 14.3 Å². The number of rotatable bonds is 9. The predicted octanol–water partition coefficient (Wildman–Crippen LogP) is 3.95. The molecule has 1 fully saturated rings. The Kier molecular flexibility index (Phi) is 7.53. The zero-order valence-electron chi connectivity index (χ0n) is 18.6. The average Bonchev–Trinajstić information content (AvgIpc) is 3.03. The van der Waals surface area contributed by atoms with Gasteiger partial charge < -0.3 is 24.6 Å². The van der Waals surface area contributed by atoms with E-state index in [-0.39, 0.29) is 30.2 Å². The lowest BCUT2D eigenvalue weighted by Crippen LogP contribution is -2.32. The number of likely N-dealkylation sites (tertiary alicyclic amines) is 1. The zero-order chi connectivity index (χ0) is 23.3. The Bertz CT molecular complexity index is 1010. The first-order valence-corrected chi connectivity index (χ1v) is 10.7. The van der Waals surface area contributed by atoms with Crippen LogP contribution in [-0.4, -0.2) is 53.7 Å². The molecule has 32 heavy (non-hydrogen) atoms. The molecule has 0 saturated carbocycles. The van der Waals surface area contributed by atoms with Crippen LogP contribution in [0, 0.1) is 6.92 Å². The molecular formula is C25H29NO6. The Hall–Kier alpha value is -3.32. The van der Waals surface area contributed by atoms with E-state index in [0.29, 0.717) is 23.5 Å². The third kappa shape index (κ3) is 4.78. The molecule has 1 amide bonds. The number of amides is 1. The van der Waals surface area contributed by atoms with Gasteiger partial charge in [-0.05, 0) is 54.8 Å². The number of Topliss-reactive ketones (excluding diaryl/α,β-unsaturated/α-hetero) is 1. The highest BCUT2D eigenvalue weighted by atomic mass is 16.5. The molecule has 0 unspecified atom stereocenters. The standard InChI is InChI=1S/C25H29NO6/c1-4-5-13-32-20-11-8-18(15-16(20)2)23(28)21-22(17-6-9-19(27)10-7-17)26(12-14-31-3)25(30)24(21)29/h6-11,15,22,27-28H,4-5,12-14H2,1-3H3/t22-/m1/s1. The van der Waals surface area contributed by atoms with Crippen LogP contribution in [0.1, 0.15) is 42.5 Å². The Morgan fingerprint density at radius 2 is 1.81 bits per heavy atom. The van der Waals surface area contributed by atoms with Crippen LogP contribution in [0.3, 0.4) is 0 Å². The molecule has 1 heterocycles. The maximum atomic E-state index is 12.9. The first-order valence-electron chi connectivity index (χ1n) is 10.7. The maximum Gasteiger partial charge on any atom is 0.295 e. The van der Waals surface area contributed by atoms with Crippen molar-refractivity contribution in [2.75, 3.05) is 26.9 Å².